The topological polar surface area (TPSA) is 24.9 Å². The number of aromatic nitrogens is 1. The summed E-state index contributed by atoms with van der Waals surface area (Å²) in [4.78, 5) is 4.79. The molecule has 1 N–H and O–H groups in total. The Labute approximate surface area is 96.1 Å². The van der Waals surface area contributed by atoms with Gasteiger partial charge in [-0.15, -0.1) is 11.3 Å². The molecule has 15 heavy (non-hydrogen) atoms. The molecule has 1 saturated carbocycles. The maximum Gasteiger partial charge on any atom is 0.0928 e. The predicted octanol–water partition coefficient (Wildman–Crippen LogP) is 2.74. The summed E-state index contributed by atoms with van der Waals surface area (Å²) in [7, 11) is 2.04. The summed E-state index contributed by atoms with van der Waals surface area (Å²) in [6.45, 7) is 3.30. The van der Waals surface area contributed by atoms with Gasteiger partial charge in [-0.1, -0.05) is 13.3 Å². The normalized spacial score (nSPS) is 18.8. The number of thiazole rings is 1. The van der Waals surface area contributed by atoms with E-state index in [1.165, 1.54) is 36.4 Å². The molecule has 2 rings (SSSR count). The maximum absolute atomic E-state index is 4.79. The van der Waals surface area contributed by atoms with Gasteiger partial charge in [0.2, 0.25) is 0 Å². The van der Waals surface area contributed by atoms with Gasteiger partial charge in [0.15, 0.2) is 0 Å². The van der Waals surface area contributed by atoms with Gasteiger partial charge in [0.1, 0.15) is 0 Å². The van der Waals surface area contributed by atoms with Crippen molar-refractivity contribution in [1.82, 2.24) is 10.3 Å². The van der Waals surface area contributed by atoms with Crippen molar-refractivity contribution in [3.05, 3.63) is 16.1 Å². The molecule has 0 bridgehead atoms. The van der Waals surface area contributed by atoms with Crippen LogP contribution in [0.1, 0.15) is 43.3 Å². The van der Waals surface area contributed by atoms with Crippen LogP contribution in [0, 0.1) is 0 Å². The zero-order valence-corrected chi connectivity index (χ0v) is 10.5. The van der Waals surface area contributed by atoms with Crippen LogP contribution in [0.5, 0.6) is 0 Å². The smallest absolute Gasteiger partial charge is 0.0928 e. The lowest BCUT2D eigenvalue weighted by molar-refractivity contribution is 0.233. The lowest BCUT2D eigenvalue weighted by Gasteiger charge is -2.40. The van der Waals surface area contributed by atoms with Crippen molar-refractivity contribution in [2.24, 2.45) is 0 Å². The number of hydrogen-bond acceptors (Lipinski definition) is 3. The molecule has 0 unspecified atom stereocenters. The van der Waals surface area contributed by atoms with Crippen LogP contribution in [0.4, 0.5) is 0 Å². The fraction of sp³-hybridized carbons (Fsp3) is 0.750. The summed E-state index contributed by atoms with van der Waals surface area (Å²) in [6, 6.07) is 0. The Morgan fingerprint density at radius 2 is 2.33 bits per heavy atom. The highest BCUT2D eigenvalue weighted by Crippen LogP contribution is 2.43. The number of aryl methyl sites for hydroxylation is 1. The molecule has 1 heterocycles. The van der Waals surface area contributed by atoms with Gasteiger partial charge < -0.3 is 5.32 Å². The molecule has 0 radical (unpaired) electrons. The molecule has 1 aliphatic carbocycles. The number of nitrogens with zero attached hydrogens (tertiary/aromatic N) is 1. The Kier molecular flexibility index (Phi) is 3.42. The Morgan fingerprint density at radius 3 is 2.87 bits per heavy atom. The van der Waals surface area contributed by atoms with Crippen LogP contribution in [0.3, 0.4) is 0 Å². The van der Waals surface area contributed by atoms with Crippen LogP contribution >= 0.6 is 11.3 Å². The molecule has 1 aromatic heterocycles. The second kappa shape index (κ2) is 4.62. The fourth-order valence-electron chi connectivity index (χ4n) is 2.35. The van der Waals surface area contributed by atoms with Crippen molar-refractivity contribution in [3.63, 3.8) is 0 Å². The van der Waals surface area contributed by atoms with E-state index in [-0.39, 0.29) is 0 Å². The monoisotopic (exact) mass is 224 g/mol. The molecule has 0 atom stereocenters. The van der Waals surface area contributed by atoms with Gasteiger partial charge in [-0.05, 0) is 32.7 Å². The highest BCUT2D eigenvalue weighted by atomic mass is 32.1. The molecular weight excluding hydrogens is 204 g/mol. The van der Waals surface area contributed by atoms with Crippen molar-refractivity contribution < 1.29 is 0 Å². The molecule has 0 aliphatic heterocycles. The van der Waals surface area contributed by atoms with Crippen LogP contribution in [-0.2, 0) is 11.8 Å². The maximum atomic E-state index is 4.79. The van der Waals surface area contributed by atoms with Gasteiger partial charge in [-0.2, -0.15) is 0 Å². The summed E-state index contributed by atoms with van der Waals surface area (Å²) < 4.78 is 0. The van der Waals surface area contributed by atoms with E-state index in [1.807, 2.05) is 18.4 Å². The van der Waals surface area contributed by atoms with Gasteiger partial charge in [0.05, 0.1) is 10.7 Å². The minimum absolute atomic E-state index is 0.372. The summed E-state index contributed by atoms with van der Waals surface area (Å²) in [5.74, 6) is 0. The molecule has 0 aromatic carbocycles. The highest BCUT2D eigenvalue weighted by molar-refractivity contribution is 7.09. The average molecular weight is 224 g/mol. The first-order valence-corrected chi connectivity index (χ1v) is 6.78. The number of likely N-dealkylation sites (N-methyl/N-ethyl adjacent to an activating group) is 1. The lowest BCUT2D eigenvalue weighted by atomic mass is 9.67. The van der Waals surface area contributed by atoms with E-state index >= 15 is 0 Å². The molecule has 0 saturated heterocycles. The Bertz CT molecular complexity index is 315. The van der Waals surface area contributed by atoms with E-state index in [0.29, 0.717) is 5.41 Å². The Morgan fingerprint density at radius 1 is 1.53 bits per heavy atom. The minimum atomic E-state index is 0.372. The molecule has 0 spiro atoms. The zero-order chi connectivity index (χ0) is 10.7. The first-order chi connectivity index (χ1) is 7.30. The van der Waals surface area contributed by atoms with E-state index in [1.54, 1.807) is 0 Å². The molecule has 84 valence electrons. The van der Waals surface area contributed by atoms with Crippen LogP contribution in [-0.4, -0.2) is 18.6 Å². The van der Waals surface area contributed by atoms with Crippen molar-refractivity contribution in [2.45, 2.75) is 44.4 Å². The van der Waals surface area contributed by atoms with Crippen molar-refractivity contribution in [1.29, 1.82) is 0 Å². The zero-order valence-electron chi connectivity index (χ0n) is 9.68. The third kappa shape index (κ3) is 2.08. The van der Waals surface area contributed by atoms with Crippen LogP contribution < -0.4 is 5.32 Å². The van der Waals surface area contributed by atoms with Gasteiger partial charge in [0.25, 0.3) is 0 Å². The number of nitrogens with one attached hydrogen (secondary N) is 1. The first-order valence-electron chi connectivity index (χ1n) is 5.90. The minimum Gasteiger partial charge on any atom is -0.319 e. The Hall–Kier alpha value is -0.410. The van der Waals surface area contributed by atoms with E-state index in [9.17, 15) is 0 Å². The van der Waals surface area contributed by atoms with E-state index in [2.05, 4.69) is 17.6 Å². The third-order valence-electron chi connectivity index (χ3n) is 3.38. The van der Waals surface area contributed by atoms with E-state index in [4.69, 9.17) is 4.98 Å². The standard InChI is InChI=1S/C12H20N2S/c1-3-5-11-14-10(8-15-11)12(9-13-2)6-4-7-12/h8,13H,3-7,9H2,1-2H3. The SMILES string of the molecule is CCCc1nc(C2(CNC)CCC2)cs1. The molecule has 3 heteroatoms. The molecule has 1 aromatic rings. The van der Waals surface area contributed by atoms with Gasteiger partial charge in [-0.3, -0.25) is 0 Å². The first kappa shape index (κ1) is 11.1. The summed E-state index contributed by atoms with van der Waals surface area (Å²) in [6.07, 6.45) is 6.32. The number of rotatable bonds is 5. The lowest BCUT2D eigenvalue weighted by Crippen LogP contribution is -2.43. The van der Waals surface area contributed by atoms with Crippen LogP contribution in [0.25, 0.3) is 0 Å². The molecule has 1 aliphatic rings. The summed E-state index contributed by atoms with van der Waals surface area (Å²) in [5, 5.41) is 6.91. The largest absolute Gasteiger partial charge is 0.319 e. The van der Waals surface area contributed by atoms with Gasteiger partial charge >= 0.3 is 0 Å². The molecule has 2 nitrogen and oxygen atoms in total. The quantitative estimate of drug-likeness (QED) is 0.832. The van der Waals surface area contributed by atoms with E-state index < -0.39 is 0 Å². The van der Waals surface area contributed by atoms with Crippen LogP contribution in [0.15, 0.2) is 5.38 Å². The van der Waals surface area contributed by atoms with Crippen molar-refractivity contribution >= 4 is 11.3 Å². The summed E-state index contributed by atoms with van der Waals surface area (Å²) >= 11 is 1.84. The average Bonchev–Trinajstić information content (AvgIpc) is 2.61. The van der Waals surface area contributed by atoms with Gasteiger partial charge in [0, 0.05) is 17.3 Å². The second-order valence-electron chi connectivity index (χ2n) is 4.54. The molecule has 1 fully saturated rings. The van der Waals surface area contributed by atoms with Gasteiger partial charge in [-0.25, -0.2) is 4.98 Å². The fourth-order valence-corrected chi connectivity index (χ4v) is 3.37. The second-order valence-corrected chi connectivity index (χ2v) is 5.48. The Balaban J connectivity index is 2.12. The van der Waals surface area contributed by atoms with E-state index in [0.717, 1.165) is 13.0 Å². The van der Waals surface area contributed by atoms with Crippen molar-refractivity contribution in [3.8, 4) is 0 Å². The molecule has 0 amide bonds. The number of hydrogen-bond donors (Lipinski definition) is 1. The molecular formula is C12H20N2S. The third-order valence-corrected chi connectivity index (χ3v) is 4.29. The highest BCUT2D eigenvalue weighted by Gasteiger charge is 2.39. The predicted molar refractivity (Wildman–Crippen MR) is 65.6 cm³/mol. The van der Waals surface area contributed by atoms with Crippen LogP contribution in [0.2, 0.25) is 0 Å². The summed E-state index contributed by atoms with van der Waals surface area (Å²) in [5.41, 5.74) is 1.72. The van der Waals surface area contributed by atoms with Crippen molar-refractivity contribution in [2.75, 3.05) is 13.6 Å².